The standard InChI is InChI=1S/C11H17NO3S/c1-10-4-6-11(7-5-10)12-16(14,15)9-3-2-8-13/h4-7,12-13H,2-3,8-9H2,1H3. The van der Waals surface area contributed by atoms with Gasteiger partial charge in [-0.25, -0.2) is 8.42 Å². The Labute approximate surface area is 96.4 Å². The average molecular weight is 243 g/mol. The molecule has 0 fully saturated rings. The van der Waals surface area contributed by atoms with Crippen molar-refractivity contribution in [3.05, 3.63) is 29.8 Å². The van der Waals surface area contributed by atoms with E-state index in [4.69, 9.17) is 5.11 Å². The molecule has 5 heteroatoms. The maximum absolute atomic E-state index is 11.6. The van der Waals surface area contributed by atoms with Gasteiger partial charge in [0.05, 0.1) is 5.75 Å². The van der Waals surface area contributed by atoms with Crippen molar-refractivity contribution in [1.82, 2.24) is 0 Å². The number of aliphatic hydroxyl groups excluding tert-OH is 1. The smallest absolute Gasteiger partial charge is 0.232 e. The molecule has 0 bridgehead atoms. The van der Waals surface area contributed by atoms with Crippen LogP contribution in [-0.2, 0) is 10.0 Å². The Balaban J connectivity index is 2.55. The number of rotatable bonds is 6. The van der Waals surface area contributed by atoms with Crippen LogP contribution >= 0.6 is 0 Å². The number of unbranched alkanes of at least 4 members (excludes halogenated alkanes) is 1. The first kappa shape index (κ1) is 13.0. The molecule has 0 aliphatic heterocycles. The number of hydrogen-bond acceptors (Lipinski definition) is 3. The van der Waals surface area contributed by atoms with Crippen molar-refractivity contribution in [2.75, 3.05) is 17.1 Å². The second-order valence-electron chi connectivity index (χ2n) is 3.72. The van der Waals surface area contributed by atoms with Gasteiger partial charge in [-0.3, -0.25) is 4.72 Å². The molecule has 0 radical (unpaired) electrons. The van der Waals surface area contributed by atoms with Gasteiger partial charge in [-0.2, -0.15) is 0 Å². The molecule has 0 amide bonds. The van der Waals surface area contributed by atoms with Gasteiger partial charge >= 0.3 is 0 Å². The highest BCUT2D eigenvalue weighted by Crippen LogP contribution is 2.11. The SMILES string of the molecule is Cc1ccc(NS(=O)(=O)CCCCO)cc1. The van der Waals surface area contributed by atoms with Crippen molar-refractivity contribution in [1.29, 1.82) is 0 Å². The summed E-state index contributed by atoms with van der Waals surface area (Å²) < 4.78 is 25.6. The van der Waals surface area contributed by atoms with Gasteiger partial charge in [-0.15, -0.1) is 0 Å². The lowest BCUT2D eigenvalue weighted by molar-refractivity contribution is 0.287. The summed E-state index contributed by atoms with van der Waals surface area (Å²) in [5.41, 5.74) is 1.66. The topological polar surface area (TPSA) is 66.4 Å². The first-order valence-electron chi connectivity index (χ1n) is 5.21. The zero-order chi connectivity index (χ0) is 12.0. The number of nitrogens with one attached hydrogen (secondary N) is 1. The third-order valence-corrected chi connectivity index (χ3v) is 3.52. The predicted molar refractivity (Wildman–Crippen MR) is 64.9 cm³/mol. The van der Waals surface area contributed by atoms with E-state index in [9.17, 15) is 8.42 Å². The van der Waals surface area contributed by atoms with Crippen LogP contribution in [0.15, 0.2) is 24.3 Å². The normalized spacial score (nSPS) is 11.4. The number of benzene rings is 1. The minimum atomic E-state index is -3.28. The van der Waals surface area contributed by atoms with Crippen LogP contribution in [0.1, 0.15) is 18.4 Å². The Bertz CT molecular complexity index is 411. The fraction of sp³-hybridized carbons (Fsp3) is 0.455. The lowest BCUT2D eigenvalue weighted by Crippen LogP contribution is -2.16. The zero-order valence-corrected chi connectivity index (χ0v) is 10.1. The van der Waals surface area contributed by atoms with E-state index in [1.54, 1.807) is 12.1 Å². The summed E-state index contributed by atoms with van der Waals surface area (Å²) in [6, 6.07) is 7.18. The quantitative estimate of drug-likeness (QED) is 0.744. The van der Waals surface area contributed by atoms with E-state index in [1.807, 2.05) is 19.1 Å². The molecule has 1 aromatic carbocycles. The van der Waals surface area contributed by atoms with Crippen molar-refractivity contribution in [3.8, 4) is 0 Å². The van der Waals surface area contributed by atoms with Gasteiger partial charge in [0.2, 0.25) is 10.0 Å². The summed E-state index contributed by atoms with van der Waals surface area (Å²) in [6.07, 6.45) is 0.979. The molecule has 0 aliphatic carbocycles. The third-order valence-electron chi connectivity index (χ3n) is 2.15. The Kier molecular flexibility index (Phi) is 4.76. The summed E-state index contributed by atoms with van der Waals surface area (Å²) >= 11 is 0. The molecular weight excluding hydrogens is 226 g/mol. The minimum absolute atomic E-state index is 0.0278. The molecule has 0 saturated heterocycles. The number of aryl methyl sites for hydroxylation is 1. The summed E-state index contributed by atoms with van der Waals surface area (Å²) in [5.74, 6) is 0.0431. The van der Waals surface area contributed by atoms with E-state index < -0.39 is 10.0 Å². The average Bonchev–Trinajstić information content (AvgIpc) is 2.21. The highest BCUT2D eigenvalue weighted by Gasteiger charge is 2.09. The number of anilines is 1. The Hall–Kier alpha value is -1.07. The molecular formula is C11H17NO3S. The Morgan fingerprint density at radius 2 is 1.81 bits per heavy atom. The molecule has 2 N–H and O–H groups in total. The van der Waals surface area contributed by atoms with E-state index in [2.05, 4.69) is 4.72 Å². The third kappa shape index (κ3) is 4.63. The number of aliphatic hydroxyl groups is 1. The molecule has 0 heterocycles. The monoisotopic (exact) mass is 243 g/mol. The second-order valence-corrected chi connectivity index (χ2v) is 5.56. The molecule has 4 nitrogen and oxygen atoms in total. The van der Waals surface area contributed by atoms with E-state index in [-0.39, 0.29) is 12.4 Å². The highest BCUT2D eigenvalue weighted by molar-refractivity contribution is 7.92. The molecule has 0 saturated carbocycles. The molecule has 0 unspecified atom stereocenters. The summed E-state index contributed by atoms with van der Waals surface area (Å²) in [6.45, 7) is 1.97. The van der Waals surface area contributed by atoms with Crippen molar-refractivity contribution in [2.45, 2.75) is 19.8 Å². The Morgan fingerprint density at radius 3 is 2.38 bits per heavy atom. The van der Waals surface area contributed by atoms with Crippen molar-refractivity contribution < 1.29 is 13.5 Å². The van der Waals surface area contributed by atoms with Gasteiger partial charge in [0.25, 0.3) is 0 Å². The zero-order valence-electron chi connectivity index (χ0n) is 9.31. The van der Waals surface area contributed by atoms with Gasteiger partial charge in [-0.05, 0) is 31.9 Å². The van der Waals surface area contributed by atoms with Crippen LogP contribution in [0.2, 0.25) is 0 Å². The van der Waals surface area contributed by atoms with Gasteiger partial charge < -0.3 is 5.11 Å². The van der Waals surface area contributed by atoms with Crippen LogP contribution in [0.25, 0.3) is 0 Å². The lowest BCUT2D eigenvalue weighted by Gasteiger charge is -2.07. The van der Waals surface area contributed by atoms with Crippen molar-refractivity contribution in [3.63, 3.8) is 0 Å². The lowest BCUT2D eigenvalue weighted by atomic mass is 10.2. The van der Waals surface area contributed by atoms with E-state index in [0.717, 1.165) is 5.56 Å². The molecule has 0 aliphatic rings. The fourth-order valence-corrected chi connectivity index (χ4v) is 2.44. The van der Waals surface area contributed by atoms with Gasteiger partial charge in [0, 0.05) is 12.3 Å². The van der Waals surface area contributed by atoms with Crippen LogP contribution in [0.4, 0.5) is 5.69 Å². The van der Waals surface area contributed by atoms with E-state index in [0.29, 0.717) is 18.5 Å². The largest absolute Gasteiger partial charge is 0.396 e. The highest BCUT2D eigenvalue weighted by atomic mass is 32.2. The first-order chi connectivity index (χ1) is 7.53. The summed E-state index contributed by atoms with van der Waals surface area (Å²) in [4.78, 5) is 0. The molecule has 0 atom stereocenters. The minimum Gasteiger partial charge on any atom is -0.396 e. The second kappa shape index (κ2) is 5.86. The molecule has 90 valence electrons. The van der Waals surface area contributed by atoms with Crippen LogP contribution < -0.4 is 4.72 Å². The van der Waals surface area contributed by atoms with Gasteiger partial charge in [-0.1, -0.05) is 17.7 Å². The first-order valence-corrected chi connectivity index (χ1v) is 6.87. The molecule has 1 rings (SSSR count). The molecule has 16 heavy (non-hydrogen) atoms. The predicted octanol–water partition coefficient (Wildman–Crippen LogP) is 1.51. The molecule has 0 aromatic heterocycles. The maximum atomic E-state index is 11.6. The maximum Gasteiger partial charge on any atom is 0.232 e. The van der Waals surface area contributed by atoms with E-state index in [1.165, 1.54) is 0 Å². The fourth-order valence-electron chi connectivity index (χ4n) is 1.26. The van der Waals surface area contributed by atoms with Gasteiger partial charge in [0.15, 0.2) is 0 Å². The Morgan fingerprint density at radius 1 is 1.19 bits per heavy atom. The van der Waals surface area contributed by atoms with Crippen LogP contribution in [0.5, 0.6) is 0 Å². The van der Waals surface area contributed by atoms with Crippen molar-refractivity contribution >= 4 is 15.7 Å². The summed E-state index contributed by atoms with van der Waals surface area (Å²) in [7, 11) is -3.28. The van der Waals surface area contributed by atoms with E-state index >= 15 is 0 Å². The van der Waals surface area contributed by atoms with Gasteiger partial charge in [0.1, 0.15) is 0 Å². The van der Waals surface area contributed by atoms with Crippen LogP contribution in [0, 0.1) is 6.92 Å². The van der Waals surface area contributed by atoms with Crippen LogP contribution in [0.3, 0.4) is 0 Å². The van der Waals surface area contributed by atoms with Crippen LogP contribution in [-0.4, -0.2) is 25.9 Å². The van der Waals surface area contributed by atoms with Crippen molar-refractivity contribution in [2.24, 2.45) is 0 Å². The number of hydrogen-bond donors (Lipinski definition) is 2. The number of sulfonamides is 1. The molecule has 1 aromatic rings. The summed E-state index contributed by atoms with van der Waals surface area (Å²) in [5, 5.41) is 8.57. The molecule has 0 spiro atoms.